The maximum atomic E-state index is 13.6. The van der Waals surface area contributed by atoms with Gasteiger partial charge in [0, 0.05) is 36.0 Å². The number of nitrogens with zero attached hydrogens (tertiary/aromatic N) is 3. The number of furan rings is 1. The van der Waals surface area contributed by atoms with E-state index in [1.807, 2.05) is 0 Å². The maximum Gasteiger partial charge on any atom is 0.354 e. The van der Waals surface area contributed by atoms with Crippen LogP contribution in [-0.2, 0) is 18.3 Å². The Labute approximate surface area is 195 Å². The van der Waals surface area contributed by atoms with Crippen molar-refractivity contribution in [3.63, 3.8) is 0 Å². The molecule has 0 radical (unpaired) electrons. The van der Waals surface area contributed by atoms with Crippen molar-refractivity contribution in [2.45, 2.75) is 33.4 Å². The zero-order valence-electron chi connectivity index (χ0n) is 19.5. The van der Waals surface area contributed by atoms with Crippen LogP contribution in [-0.4, -0.2) is 45.2 Å². The Bertz CT molecular complexity index is 1260. The molecule has 1 atom stereocenters. The summed E-state index contributed by atoms with van der Waals surface area (Å²) >= 11 is 0. The molecule has 1 aromatic carbocycles. The highest BCUT2D eigenvalue weighted by atomic mass is 16.6. The number of hydrogen-bond acceptors (Lipinski definition) is 7. The van der Waals surface area contributed by atoms with Gasteiger partial charge in [-0.05, 0) is 44.5 Å². The molecule has 34 heavy (non-hydrogen) atoms. The van der Waals surface area contributed by atoms with Gasteiger partial charge >= 0.3 is 5.97 Å². The Morgan fingerprint density at radius 1 is 1.21 bits per heavy atom. The summed E-state index contributed by atoms with van der Waals surface area (Å²) in [6.45, 7) is 4.90. The molecule has 0 bridgehead atoms. The van der Waals surface area contributed by atoms with E-state index in [2.05, 4.69) is 0 Å². The van der Waals surface area contributed by atoms with Gasteiger partial charge in [-0.3, -0.25) is 19.7 Å². The molecule has 0 spiro atoms. The minimum absolute atomic E-state index is 0.0315. The summed E-state index contributed by atoms with van der Waals surface area (Å²) in [5.41, 5.74) is 1.39. The average molecular weight is 467 g/mol. The van der Waals surface area contributed by atoms with Crippen LogP contribution >= 0.6 is 0 Å². The highest BCUT2D eigenvalue weighted by molar-refractivity contribution is 6.07. The van der Waals surface area contributed by atoms with Gasteiger partial charge in [0.05, 0.1) is 30.9 Å². The summed E-state index contributed by atoms with van der Waals surface area (Å²) in [6, 6.07) is 7.68. The van der Waals surface area contributed by atoms with Crippen LogP contribution in [0, 0.1) is 24.0 Å². The number of ketones is 1. The average Bonchev–Trinajstić information content (AvgIpc) is 3.41. The third-order valence-electron chi connectivity index (χ3n) is 5.87. The first-order valence-electron chi connectivity index (χ1n) is 10.4. The van der Waals surface area contributed by atoms with Crippen LogP contribution in [0.5, 0.6) is 0 Å². The van der Waals surface area contributed by atoms with Crippen molar-refractivity contribution in [1.29, 1.82) is 0 Å². The van der Waals surface area contributed by atoms with Crippen LogP contribution in [0.3, 0.4) is 0 Å². The Morgan fingerprint density at radius 3 is 2.50 bits per heavy atom. The second-order valence-corrected chi connectivity index (χ2v) is 7.84. The van der Waals surface area contributed by atoms with E-state index >= 15 is 0 Å². The van der Waals surface area contributed by atoms with Gasteiger partial charge in [-0.2, -0.15) is 0 Å². The van der Waals surface area contributed by atoms with E-state index in [0.717, 1.165) is 0 Å². The number of Topliss-reactive ketones (excluding diaryl/α,β-unsaturated/α-hetero) is 1. The zero-order valence-corrected chi connectivity index (χ0v) is 19.5. The number of hydrogen-bond donors (Lipinski definition) is 0. The van der Waals surface area contributed by atoms with E-state index in [1.165, 1.54) is 42.5 Å². The van der Waals surface area contributed by atoms with E-state index in [-0.39, 0.29) is 29.3 Å². The summed E-state index contributed by atoms with van der Waals surface area (Å²) in [4.78, 5) is 51.2. The van der Waals surface area contributed by atoms with E-state index in [0.29, 0.717) is 22.6 Å². The van der Waals surface area contributed by atoms with Gasteiger partial charge in [-0.15, -0.1) is 0 Å². The lowest BCUT2D eigenvalue weighted by Crippen LogP contribution is -2.43. The quantitative estimate of drug-likeness (QED) is 0.213. The number of methoxy groups -OCH3 is 1. The van der Waals surface area contributed by atoms with Crippen LogP contribution < -0.4 is 0 Å². The molecule has 0 fully saturated rings. The molecule has 3 aromatic rings. The number of nitro benzene ring substituents is 1. The Kier molecular flexibility index (Phi) is 7.00. The predicted octanol–water partition coefficient (Wildman–Crippen LogP) is 3.84. The third-order valence-corrected chi connectivity index (χ3v) is 5.87. The van der Waals surface area contributed by atoms with E-state index in [4.69, 9.17) is 9.15 Å². The minimum Gasteiger partial charge on any atom is -0.467 e. The SMILES string of the molecule is COC(=O)c1c(C)c(C(=O)[C@@H](C)N(Cc2ccco2)C(=O)c2cccc([N+](=O)[O-])c2)c(C)n1C. The fourth-order valence-corrected chi connectivity index (χ4v) is 3.95. The molecule has 0 saturated heterocycles. The molecule has 2 heterocycles. The van der Waals surface area contributed by atoms with Crippen LogP contribution in [0.15, 0.2) is 47.1 Å². The summed E-state index contributed by atoms with van der Waals surface area (Å²) < 4.78 is 11.8. The van der Waals surface area contributed by atoms with Crippen LogP contribution in [0.4, 0.5) is 5.69 Å². The van der Waals surface area contributed by atoms with Crippen molar-refractivity contribution in [2.75, 3.05) is 7.11 Å². The van der Waals surface area contributed by atoms with E-state index in [9.17, 15) is 24.5 Å². The second-order valence-electron chi connectivity index (χ2n) is 7.84. The van der Waals surface area contributed by atoms with E-state index in [1.54, 1.807) is 44.5 Å². The molecule has 0 aliphatic rings. The summed E-state index contributed by atoms with van der Waals surface area (Å²) in [7, 11) is 2.92. The van der Waals surface area contributed by atoms with Gasteiger partial charge in [0.15, 0.2) is 5.78 Å². The maximum absolute atomic E-state index is 13.6. The van der Waals surface area contributed by atoms with Crippen LogP contribution in [0.25, 0.3) is 0 Å². The fraction of sp³-hybridized carbons (Fsp3) is 0.292. The molecule has 3 rings (SSSR count). The number of carbonyl (C=O) groups excluding carboxylic acids is 3. The number of carbonyl (C=O) groups is 3. The largest absolute Gasteiger partial charge is 0.467 e. The lowest BCUT2D eigenvalue weighted by atomic mass is 9.99. The highest BCUT2D eigenvalue weighted by Crippen LogP contribution is 2.26. The first-order valence-corrected chi connectivity index (χ1v) is 10.4. The standard InChI is InChI=1S/C24H25N3O7/c1-14-20(15(2)25(4)21(14)24(30)33-5)22(28)16(3)26(13-19-10-7-11-34-19)23(29)17-8-6-9-18(12-17)27(31)32/h6-12,16H,13H2,1-5H3/t16-/m1/s1. The molecule has 0 aliphatic carbocycles. The lowest BCUT2D eigenvalue weighted by Gasteiger charge is -2.28. The first-order chi connectivity index (χ1) is 16.1. The molecule has 10 nitrogen and oxygen atoms in total. The molecule has 178 valence electrons. The fourth-order valence-electron chi connectivity index (χ4n) is 3.95. The Balaban J connectivity index is 2.04. The van der Waals surface area contributed by atoms with Gasteiger partial charge in [0.1, 0.15) is 11.5 Å². The van der Waals surface area contributed by atoms with Crippen molar-refractivity contribution in [3.8, 4) is 0 Å². The van der Waals surface area contributed by atoms with Gasteiger partial charge in [0.25, 0.3) is 11.6 Å². The number of benzene rings is 1. The highest BCUT2D eigenvalue weighted by Gasteiger charge is 2.33. The molecule has 10 heteroatoms. The zero-order chi connectivity index (χ0) is 25.2. The number of rotatable bonds is 8. The Hall–Kier alpha value is -4.21. The molecule has 0 unspecified atom stereocenters. The molecular formula is C24H25N3O7. The van der Waals surface area contributed by atoms with Gasteiger partial charge in [-0.25, -0.2) is 4.79 Å². The molecule has 0 N–H and O–H groups in total. The van der Waals surface area contributed by atoms with Crippen molar-refractivity contribution in [3.05, 3.63) is 86.6 Å². The number of ether oxygens (including phenoxy) is 1. The second kappa shape index (κ2) is 9.74. The van der Waals surface area contributed by atoms with Crippen molar-refractivity contribution >= 4 is 23.3 Å². The minimum atomic E-state index is -0.970. The number of non-ortho nitro benzene ring substituents is 1. The monoisotopic (exact) mass is 467 g/mol. The summed E-state index contributed by atoms with van der Waals surface area (Å²) in [6.07, 6.45) is 1.45. The Morgan fingerprint density at radius 2 is 1.91 bits per heavy atom. The number of esters is 1. The predicted molar refractivity (Wildman–Crippen MR) is 122 cm³/mol. The van der Waals surface area contributed by atoms with Crippen LogP contribution in [0.1, 0.15) is 55.1 Å². The molecular weight excluding hydrogens is 442 g/mol. The third kappa shape index (κ3) is 4.47. The molecule has 2 aromatic heterocycles. The number of nitro groups is 1. The summed E-state index contributed by atoms with van der Waals surface area (Å²) in [5.74, 6) is -1.09. The van der Waals surface area contributed by atoms with Crippen molar-refractivity contribution in [1.82, 2.24) is 9.47 Å². The number of aromatic nitrogens is 1. The van der Waals surface area contributed by atoms with Gasteiger partial charge in [-0.1, -0.05) is 6.07 Å². The first kappa shape index (κ1) is 24.4. The molecule has 1 amide bonds. The van der Waals surface area contributed by atoms with Crippen LogP contribution in [0.2, 0.25) is 0 Å². The van der Waals surface area contributed by atoms with Gasteiger partial charge < -0.3 is 18.6 Å². The molecule has 0 saturated carbocycles. The normalized spacial score (nSPS) is 11.7. The van der Waals surface area contributed by atoms with Crippen molar-refractivity contribution < 1.29 is 28.5 Å². The van der Waals surface area contributed by atoms with Gasteiger partial charge in [0.2, 0.25) is 0 Å². The lowest BCUT2D eigenvalue weighted by molar-refractivity contribution is -0.384. The summed E-state index contributed by atoms with van der Waals surface area (Å²) in [5, 5.41) is 11.2. The van der Waals surface area contributed by atoms with E-state index < -0.39 is 22.8 Å². The van der Waals surface area contributed by atoms with Crippen molar-refractivity contribution in [2.24, 2.45) is 7.05 Å². The topological polar surface area (TPSA) is 125 Å². The smallest absolute Gasteiger partial charge is 0.354 e. The molecule has 0 aliphatic heterocycles. The number of amides is 1.